The molecule has 128 valence electrons. The highest BCUT2D eigenvalue weighted by Gasteiger charge is 2.46. The number of ether oxygens (including phenoxy) is 1. The lowest BCUT2D eigenvalue weighted by atomic mass is 10.2. The molecule has 2 aliphatic rings. The largest absolute Gasteiger partial charge is 0.379 e. The summed E-state index contributed by atoms with van der Waals surface area (Å²) in [5.41, 5.74) is 0.398. The summed E-state index contributed by atoms with van der Waals surface area (Å²) in [6.45, 7) is 9.09. The monoisotopic (exact) mass is 336 g/mol. The molecular weight excluding hydrogens is 308 g/mol. The number of aliphatic imine (C=N–C) groups is 1. The number of nitrogens with zero attached hydrogens (tertiary/aromatic N) is 2. The van der Waals surface area contributed by atoms with Crippen molar-refractivity contribution in [1.29, 1.82) is 0 Å². The summed E-state index contributed by atoms with van der Waals surface area (Å²) >= 11 is 1.83. The van der Waals surface area contributed by atoms with Gasteiger partial charge in [0.25, 0.3) is 0 Å². The fraction of sp³-hybridized carbons (Fsp3) is 0.706. The van der Waals surface area contributed by atoms with Gasteiger partial charge < -0.3 is 15.4 Å². The zero-order valence-corrected chi connectivity index (χ0v) is 15.2. The van der Waals surface area contributed by atoms with Crippen LogP contribution in [0.3, 0.4) is 0 Å². The first-order valence-corrected chi connectivity index (χ1v) is 9.30. The Bertz CT molecular complexity index is 523. The van der Waals surface area contributed by atoms with Crippen molar-refractivity contribution in [1.82, 2.24) is 15.5 Å². The van der Waals surface area contributed by atoms with Crippen LogP contribution >= 0.6 is 11.3 Å². The van der Waals surface area contributed by atoms with Gasteiger partial charge in [-0.2, -0.15) is 0 Å². The molecule has 0 aromatic carbocycles. The normalized spacial score (nSPS) is 25.9. The van der Waals surface area contributed by atoms with Gasteiger partial charge in [-0.05, 0) is 23.3 Å². The van der Waals surface area contributed by atoms with Crippen LogP contribution in [0.15, 0.2) is 22.5 Å². The molecule has 23 heavy (non-hydrogen) atoms. The van der Waals surface area contributed by atoms with Gasteiger partial charge in [-0.15, -0.1) is 11.3 Å². The fourth-order valence-corrected chi connectivity index (χ4v) is 3.91. The quantitative estimate of drug-likeness (QED) is 0.638. The van der Waals surface area contributed by atoms with E-state index in [0.29, 0.717) is 17.5 Å². The van der Waals surface area contributed by atoms with Crippen LogP contribution in [0.5, 0.6) is 0 Å². The van der Waals surface area contributed by atoms with Crippen molar-refractivity contribution in [2.45, 2.75) is 32.4 Å². The van der Waals surface area contributed by atoms with Gasteiger partial charge in [0.1, 0.15) is 0 Å². The molecule has 0 amide bonds. The van der Waals surface area contributed by atoms with E-state index >= 15 is 0 Å². The molecule has 1 aliphatic carbocycles. The van der Waals surface area contributed by atoms with Gasteiger partial charge in [0, 0.05) is 37.6 Å². The molecule has 1 aromatic heterocycles. The Morgan fingerprint density at radius 2 is 2.22 bits per heavy atom. The number of morpholine rings is 1. The van der Waals surface area contributed by atoms with Crippen LogP contribution in [0.1, 0.15) is 31.2 Å². The maximum atomic E-state index is 5.50. The van der Waals surface area contributed by atoms with Gasteiger partial charge in [-0.1, -0.05) is 19.9 Å². The molecule has 5 nitrogen and oxygen atoms in total. The van der Waals surface area contributed by atoms with Crippen molar-refractivity contribution >= 4 is 17.3 Å². The summed E-state index contributed by atoms with van der Waals surface area (Å²) in [4.78, 5) is 8.30. The number of hydrogen-bond donors (Lipinski definition) is 2. The highest BCUT2D eigenvalue weighted by atomic mass is 32.1. The second-order valence-corrected chi connectivity index (χ2v) is 8.00. The third-order valence-corrected chi connectivity index (χ3v) is 5.84. The third-order valence-electron chi connectivity index (χ3n) is 4.87. The number of thiophene rings is 1. The van der Waals surface area contributed by atoms with Crippen LogP contribution in [-0.2, 0) is 4.74 Å². The van der Waals surface area contributed by atoms with Gasteiger partial charge in [0.05, 0.1) is 19.3 Å². The molecule has 0 radical (unpaired) electrons. The first kappa shape index (κ1) is 16.7. The van der Waals surface area contributed by atoms with Gasteiger partial charge in [0.15, 0.2) is 5.96 Å². The molecule has 3 rings (SSSR count). The van der Waals surface area contributed by atoms with Gasteiger partial charge in [-0.3, -0.25) is 9.89 Å². The topological polar surface area (TPSA) is 48.9 Å². The number of rotatable bonds is 5. The van der Waals surface area contributed by atoms with E-state index in [1.54, 1.807) is 0 Å². The first-order chi connectivity index (χ1) is 11.1. The molecule has 2 heterocycles. The summed E-state index contributed by atoms with van der Waals surface area (Å²) in [5.74, 6) is 0.912. The van der Waals surface area contributed by atoms with Crippen molar-refractivity contribution in [3.8, 4) is 0 Å². The predicted octanol–water partition coefficient (Wildman–Crippen LogP) is 2.08. The summed E-state index contributed by atoms with van der Waals surface area (Å²) in [7, 11) is 1.85. The van der Waals surface area contributed by atoms with Crippen molar-refractivity contribution in [2.75, 3.05) is 39.9 Å². The van der Waals surface area contributed by atoms with Gasteiger partial charge in [0.2, 0.25) is 0 Å². The Labute approximate surface area is 143 Å². The minimum Gasteiger partial charge on any atom is -0.379 e. The van der Waals surface area contributed by atoms with Crippen LogP contribution in [0.25, 0.3) is 0 Å². The van der Waals surface area contributed by atoms with E-state index in [1.165, 1.54) is 11.3 Å². The molecule has 2 N–H and O–H groups in total. The van der Waals surface area contributed by atoms with Crippen LogP contribution < -0.4 is 10.6 Å². The van der Waals surface area contributed by atoms with E-state index in [1.807, 2.05) is 18.4 Å². The van der Waals surface area contributed by atoms with Crippen LogP contribution in [0, 0.1) is 5.41 Å². The lowest BCUT2D eigenvalue weighted by Crippen LogP contribution is -2.46. The van der Waals surface area contributed by atoms with E-state index in [0.717, 1.165) is 38.8 Å². The molecule has 0 bridgehead atoms. The van der Waals surface area contributed by atoms with Crippen molar-refractivity contribution < 1.29 is 4.74 Å². The second kappa shape index (κ2) is 7.20. The highest BCUT2D eigenvalue weighted by molar-refractivity contribution is 7.10. The van der Waals surface area contributed by atoms with Crippen LogP contribution in [-0.4, -0.2) is 56.8 Å². The molecule has 0 spiro atoms. The third kappa shape index (κ3) is 4.25. The summed E-state index contributed by atoms with van der Waals surface area (Å²) in [6, 6.07) is 5.28. The van der Waals surface area contributed by atoms with E-state index in [4.69, 9.17) is 4.74 Å². The standard InChI is InChI=1S/C17H28N4OS/c1-17(2)11-15(17)20-16(18-3)19-12-13(14-5-4-10-23-14)21-6-8-22-9-7-21/h4-5,10,13,15H,6-9,11-12H2,1-3H3,(H2,18,19,20). The van der Waals surface area contributed by atoms with E-state index in [2.05, 4.69) is 51.9 Å². The zero-order valence-electron chi connectivity index (χ0n) is 14.3. The molecule has 2 unspecified atom stereocenters. The van der Waals surface area contributed by atoms with Crippen LogP contribution in [0.2, 0.25) is 0 Å². The maximum absolute atomic E-state index is 5.50. The Balaban J connectivity index is 1.59. The number of hydrogen-bond acceptors (Lipinski definition) is 4. The molecule has 2 atom stereocenters. The fourth-order valence-electron chi connectivity index (χ4n) is 3.05. The Morgan fingerprint density at radius 3 is 2.78 bits per heavy atom. The summed E-state index contributed by atoms with van der Waals surface area (Å²) in [6.07, 6.45) is 1.21. The lowest BCUT2D eigenvalue weighted by Gasteiger charge is -2.34. The molecule has 1 aliphatic heterocycles. The van der Waals surface area contributed by atoms with Crippen molar-refractivity contribution in [2.24, 2.45) is 10.4 Å². The van der Waals surface area contributed by atoms with Crippen molar-refractivity contribution in [3.05, 3.63) is 22.4 Å². The average molecular weight is 337 g/mol. The smallest absolute Gasteiger partial charge is 0.191 e. The van der Waals surface area contributed by atoms with E-state index in [-0.39, 0.29) is 0 Å². The Hall–Kier alpha value is -1.11. The van der Waals surface area contributed by atoms with E-state index < -0.39 is 0 Å². The van der Waals surface area contributed by atoms with Gasteiger partial charge >= 0.3 is 0 Å². The maximum Gasteiger partial charge on any atom is 0.191 e. The highest BCUT2D eigenvalue weighted by Crippen LogP contribution is 2.44. The number of guanidine groups is 1. The van der Waals surface area contributed by atoms with E-state index in [9.17, 15) is 0 Å². The van der Waals surface area contributed by atoms with Crippen molar-refractivity contribution in [3.63, 3.8) is 0 Å². The first-order valence-electron chi connectivity index (χ1n) is 8.42. The Morgan fingerprint density at radius 1 is 1.48 bits per heavy atom. The summed E-state index contributed by atoms with van der Waals surface area (Å²) < 4.78 is 5.50. The summed E-state index contributed by atoms with van der Waals surface area (Å²) in [5, 5.41) is 9.22. The molecule has 1 saturated heterocycles. The second-order valence-electron chi connectivity index (χ2n) is 7.02. The SMILES string of the molecule is CN=C(NCC(c1cccs1)N1CCOCC1)NC1CC1(C)C. The minimum absolute atomic E-state index is 0.379. The molecule has 1 saturated carbocycles. The molecule has 2 fully saturated rings. The minimum atomic E-state index is 0.379. The lowest BCUT2D eigenvalue weighted by molar-refractivity contribution is 0.0177. The zero-order chi connectivity index (χ0) is 16.3. The molecule has 1 aromatic rings. The predicted molar refractivity (Wildman–Crippen MR) is 96.1 cm³/mol. The number of nitrogens with one attached hydrogen (secondary N) is 2. The Kier molecular flexibility index (Phi) is 5.24. The van der Waals surface area contributed by atoms with Crippen LogP contribution in [0.4, 0.5) is 0 Å². The molecule has 6 heteroatoms. The average Bonchev–Trinajstić information content (AvgIpc) is 2.94. The van der Waals surface area contributed by atoms with Gasteiger partial charge in [-0.25, -0.2) is 0 Å². The molecular formula is C17H28N4OS.